The van der Waals surface area contributed by atoms with Crippen molar-refractivity contribution in [2.75, 3.05) is 20.4 Å². The van der Waals surface area contributed by atoms with Crippen LogP contribution in [0.5, 0.6) is 0 Å². The first-order valence-electron chi connectivity index (χ1n) is 9.36. The number of aromatic nitrogens is 1. The molecule has 1 aliphatic carbocycles. The van der Waals surface area contributed by atoms with E-state index in [4.69, 9.17) is 22.1 Å². The molecular formula is C21H20ClF2N3O2S. The normalized spacial score (nSPS) is 27.3. The maximum atomic E-state index is 14.9. The molecule has 5 nitrogen and oxygen atoms in total. The van der Waals surface area contributed by atoms with Crippen LogP contribution in [-0.4, -0.2) is 41.1 Å². The van der Waals surface area contributed by atoms with E-state index in [0.717, 1.165) is 0 Å². The number of hydrogen-bond acceptors (Lipinski definition) is 6. The van der Waals surface area contributed by atoms with E-state index >= 15 is 0 Å². The van der Waals surface area contributed by atoms with Gasteiger partial charge in [0.25, 0.3) is 0 Å². The number of amidine groups is 1. The predicted molar refractivity (Wildman–Crippen MR) is 113 cm³/mol. The van der Waals surface area contributed by atoms with Crippen LogP contribution in [0.15, 0.2) is 41.5 Å². The number of hydrogen-bond donors (Lipinski definition) is 1. The lowest BCUT2D eigenvalue weighted by molar-refractivity contribution is 0.0988. The molecule has 1 aliphatic heterocycles. The molecule has 0 unspecified atom stereocenters. The molecule has 2 aromatic rings. The SMILES string of the molecule is COC[C@]12C[C@H]1[C@@](CF)(c1cc(CC(=O)c3ccc(Cl)cn3)ccc1F)N=C(N)S2. The van der Waals surface area contributed by atoms with Crippen LogP contribution < -0.4 is 5.73 Å². The van der Waals surface area contributed by atoms with Gasteiger partial charge in [-0.25, -0.2) is 13.8 Å². The van der Waals surface area contributed by atoms with Gasteiger partial charge >= 0.3 is 0 Å². The Morgan fingerprint density at radius 3 is 2.87 bits per heavy atom. The fourth-order valence-corrected chi connectivity index (χ4v) is 5.72. The Hall–Kier alpha value is -2.03. The molecule has 2 aliphatic rings. The first-order chi connectivity index (χ1) is 14.3. The maximum absolute atomic E-state index is 14.9. The van der Waals surface area contributed by atoms with E-state index in [1.165, 1.54) is 42.2 Å². The number of thioether (sulfide) groups is 1. The van der Waals surface area contributed by atoms with Gasteiger partial charge in [0.1, 0.15) is 23.7 Å². The van der Waals surface area contributed by atoms with Crippen molar-refractivity contribution in [3.8, 4) is 0 Å². The van der Waals surface area contributed by atoms with E-state index in [2.05, 4.69) is 9.98 Å². The summed E-state index contributed by atoms with van der Waals surface area (Å²) >= 11 is 7.17. The van der Waals surface area contributed by atoms with Gasteiger partial charge in [-0.1, -0.05) is 29.4 Å². The molecule has 2 heterocycles. The third kappa shape index (κ3) is 3.61. The van der Waals surface area contributed by atoms with Gasteiger partial charge in [0.15, 0.2) is 11.0 Å². The Kier molecular flexibility index (Phi) is 5.59. The summed E-state index contributed by atoms with van der Waals surface area (Å²) in [7, 11) is 1.57. The van der Waals surface area contributed by atoms with E-state index in [-0.39, 0.29) is 34.5 Å². The zero-order chi connectivity index (χ0) is 21.5. The van der Waals surface area contributed by atoms with E-state index in [0.29, 0.717) is 23.6 Å². The van der Waals surface area contributed by atoms with Gasteiger partial charge in [-0.3, -0.25) is 9.78 Å². The number of benzene rings is 1. The molecule has 9 heteroatoms. The largest absolute Gasteiger partial charge is 0.383 e. The lowest BCUT2D eigenvalue weighted by atomic mass is 9.83. The first kappa shape index (κ1) is 21.2. The van der Waals surface area contributed by atoms with E-state index in [1.807, 2.05) is 0 Å². The molecule has 158 valence electrons. The van der Waals surface area contributed by atoms with Crippen LogP contribution in [-0.2, 0) is 16.7 Å². The van der Waals surface area contributed by atoms with Crippen LogP contribution in [0.25, 0.3) is 0 Å². The number of aliphatic imine (C=N–C) groups is 1. The average Bonchev–Trinajstić information content (AvgIpc) is 3.43. The molecule has 30 heavy (non-hydrogen) atoms. The van der Waals surface area contributed by atoms with Gasteiger partial charge in [0, 0.05) is 31.2 Å². The number of halogens is 3. The molecule has 0 saturated heterocycles. The summed E-state index contributed by atoms with van der Waals surface area (Å²) in [6, 6.07) is 7.39. The van der Waals surface area contributed by atoms with Crippen molar-refractivity contribution >= 4 is 34.3 Å². The Bertz CT molecular complexity index is 1020. The second-order valence-corrected chi connectivity index (χ2v) is 9.51. The van der Waals surface area contributed by atoms with Crippen molar-refractivity contribution in [3.63, 3.8) is 0 Å². The maximum Gasteiger partial charge on any atom is 0.185 e. The average molecular weight is 452 g/mol. The fraction of sp³-hybridized carbons (Fsp3) is 0.381. The summed E-state index contributed by atoms with van der Waals surface area (Å²) in [6.45, 7) is -0.514. The Labute approximate surface area is 182 Å². The number of carbonyl (C=O) groups excluding carboxylic acids is 1. The van der Waals surface area contributed by atoms with Gasteiger partial charge in [0.2, 0.25) is 0 Å². The molecule has 3 atom stereocenters. The summed E-state index contributed by atoms with van der Waals surface area (Å²) in [5, 5.41) is 0.639. The number of nitrogens with zero attached hydrogens (tertiary/aromatic N) is 2. The molecule has 0 bridgehead atoms. The second kappa shape index (κ2) is 7.90. The molecule has 0 spiro atoms. The number of fused-ring (bicyclic) bond motifs is 1. The predicted octanol–water partition coefficient (Wildman–Crippen LogP) is 3.93. The van der Waals surface area contributed by atoms with Crippen molar-refractivity contribution in [3.05, 3.63) is 64.2 Å². The van der Waals surface area contributed by atoms with Crippen LogP contribution in [0.3, 0.4) is 0 Å². The number of rotatable bonds is 7. The third-order valence-electron chi connectivity index (χ3n) is 5.69. The number of Topliss-reactive ketones (excluding diaryl/α,β-unsaturated/α-hetero) is 1. The number of pyridine rings is 1. The number of ketones is 1. The van der Waals surface area contributed by atoms with Gasteiger partial charge in [-0.15, -0.1) is 0 Å². The van der Waals surface area contributed by atoms with Crippen molar-refractivity contribution in [1.82, 2.24) is 4.98 Å². The van der Waals surface area contributed by atoms with Crippen LogP contribution in [0.2, 0.25) is 5.02 Å². The summed E-state index contributed by atoms with van der Waals surface area (Å²) in [5.74, 6) is -1.07. The summed E-state index contributed by atoms with van der Waals surface area (Å²) < 4.78 is 34.3. The minimum atomic E-state index is -1.42. The number of methoxy groups -OCH3 is 1. The second-order valence-electron chi connectivity index (χ2n) is 7.64. The Morgan fingerprint density at radius 2 is 2.20 bits per heavy atom. The molecule has 0 amide bonds. The number of ether oxygens (including phenoxy) is 1. The van der Waals surface area contributed by atoms with Gasteiger partial charge in [0.05, 0.1) is 16.4 Å². The van der Waals surface area contributed by atoms with Gasteiger partial charge < -0.3 is 10.5 Å². The van der Waals surface area contributed by atoms with Gasteiger partial charge in [-0.2, -0.15) is 0 Å². The summed E-state index contributed by atoms with van der Waals surface area (Å²) in [5.41, 5.74) is 5.50. The smallest absolute Gasteiger partial charge is 0.185 e. The zero-order valence-electron chi connectivity index (χ0n) is 16.2. The Balaban J connectivity index is 1.68. The summed E-state index contributed by atoms with van der Waals surface area (Å²) in [6.07, 6.45) is 2.01. The summed E-state index contributed by atoms with van der Waals surface area (Å²) in [4.78, 5) is 21.0. The van der Waals surface area contributed by atoms with Crippen molar-refractivity contribution in [2.45, 2.75) is 23.1 Å². The van der Waals surface area contributed by atoms with Crippen LogP contribution in [0, 0.1) is 11.7 Å². The highest BCUT2D eigenvalue weighted by atomic mass is 35.5. The molecule has 1 aromatic carbocycles. The quantitative estimate of drug-likeness (QED) is 0.645. The van der Waals surface area contributed by atoms with Crippen molar-refractivity contribution in [2.24, 2.45) is 16.6 Å². The van der Waals surface area contributed by atoms with E-state index in [1.54, 1.807) is 13.2 Å². The third-order valence-corrected chi connectivity index (χ3v) is 7.19. The lowest BCUT2D eigenvalue weighted by Crippen LogP contribution is -2.41. The molecule has 1 aromatic heterocycles. The minimum absolute atomic E-state index is 0.00783. The molecule has 1 fully saturated rings. The van der Waals surface area contributed by atoms with Crippen LogP contribution in [0.4, 0.5) is 8.78 Å². The highest BCUT2D eigenvalue weighted by Crippen LogP contribution is 2.66. The van der Waals surface area contributed by atoms with Crippen molar-refractivity contribution < 1.29 is 18.3 Å². The topological polar surface area (TPSA) is 77.6 Å². The van der Waals surface area contributed by atoms with Crippen LogP contribution in [0.1, 0.15) is 28.0 Å². The molecule has 1 saturated carbocycles. The first-order valence-corrected chi connectivity index (χ1v) is 10.6. The number of alkyl halides is 1. The lowest BCUT2D eigenvalue weighted by Gasteiger charge is -2.35. The molecule has 4 rings (SSSR count). The zero-order valence-corrected chi connectivity index (χ0v) is 17.8. The van der Waals surface area contributed by atoms with E-state index < -0.39 is 22.8 Å². The monoisotopic (exact) mass is 451 g/mol. The molecule has 0 radical (unpaired) electrons. The minimum Gasteiger partial charge on any atom is -0.383 e. The Morgan fingerprint density at radius 1 is 1.40 bits per heavy atom. The molecule has 2 N–H and O–H groups in total. The highest BCUT2D eigenvalue weighted by Gasteiger charge is 2.68. The number of carbonyl (C=O) groups is 1. The molecular weight excluding hydrogens is 432 g/mol. The highest BCUT2D eigenvalue weighted by molar-refractivity contribution is 8.15. The van der Waals surface area contributed by atoms with E-state index in [9.17, 15) is 13.6 Å². The standard InChI is InChI=1S/C21H20ClF2N3O2S/c1-29-11-20-8-18(20)21(10-23,27-19(25)30-20)14-6-12(2-4-15(14)24)7-17(28)16-5-3-13(22)9-26-16/h2-6,9,18H,7-8,10-11H2,1H3,(H2,25,27)/t18-,20-,21-/m1/s1. The van der Waals surface area contributed by atoms with Gasteiger partial charge in [-0.05, 0) is 36.2 Å². The van der Waals surface area contributed by atoms with Crippen molar-refractivity contribution in [1.29, 1.82) is 0 Å². The van der Waals surface area contributed by atoms with Crippen LogP contribution >= 0.6 is 23.4 Å². The fourth-order valence-electron chi connectivity index (χ4n) is 4.22. The number of nitrogens with two attached hydrogens (primary N) is 1.